The first kappa shape index (κ1) is 14.2. The topological polar surface area (TPSA) is 46.5 Å². The second-order valence-electron chi connectivity index (χ2n) is 6.16. The molecule has 110 valence electrons. The van der Waals surface area contributed by atoms with Gasteiger partial charge in [0.25, 0.3) is 0 Å². The molecule has 1 aromatic carbocycles. The molecule has 0 bridgehead atoms. The first-order valence-corrected chi connectivity index (χ1v) is 7.87. The number of nitrogens with zero attached hydrogens (tertiary/aromatic N) is 1. The van der Waals surface area contributed by atoms with E-state index in [0.717, 1.165) is 18.4 Å². The number of hydrogen-bond acceptors (Lipinski definition) is 3. The highest BCUT2D eigenvalue weighted by atomic mass is 16.2. The number of rotatable bonds is 3. The maximum Gasteiger partial charge on any atom is 0.149 e. The summed E-state index contributed by atoms with van der Waals surface area (Å²) in [4.78, 5) is 29.0. The average Bonchev–Trinajstić information content (AvgIpc) is 3.00. The second kappa shape index (κ2) is 6.33. The minimum atomic E-state index is -0.592. The third-order valence-electron chi connectivity index (χ3n) is 4.63. The molecule has 0 aliphatic heterocycles. The van der Waals surface area contributed by atoms with Crippen molar-refractivity contribution < 1.29 is 9.59 Å². The molecule has 0 atom stereocenters. The van der Waals surface area contributed by atoms with Crippen LogP contribution in [0.4, 0.5) is 0 Å². The van der Waals surface area contributed by atoms with Gasteiger partial charge in [-0.1, -0.05) is 43.2 Å². The molecule has 0 radical (unpaired) electrons. The van der Waals surface area contributed by atoms with Crippen LogP contribution in [0.25, 0.3) is 0 Å². The Bertz CT molecular complexity index is 526. The lowest BCUT2D eigenvalue weighted by atomic mass is 9.77. The molecule has 0 spiro atoms. The third kappa shape index (κ3) is 3.29. The predicted octanol–water partition coefficient (Wildman–Crippen LogP) is 3.33. The highest BCUT2D eigenvalue weighted by Crippen LogP contribution is 2.31. The van der Waals surface area contributed by atoms with E-state index in [1.165, 1.54) is 12.8 Å². The van der Waals surface area contributed by atoms with Crippen LogP contribution in [0.15, 0.2) is 35.3 Å². The van der Waals surface area contributed by atoms with Gasteiger partial charge in [0.2, 0.25) is 0 Å². The van der Waals surface area contributed by atoms with Gasteiger partial charge in [-0.25, -0.2) is 0 Å². The Balaban J connectivity index is 1.67. The van der Waals surface area contributed by atoms with Crippen molar-refractivity contribution in [2.75, 3.05) is 0 Å². The van der Waals surface area contributed by atoms with E-state index in [1.54, 1.807) is 6.21 Å². The maximum absolute atomic E-state index is 12.3. The zero-order valence-corrected chi connectivity index (χ0v) is 12.2. The molecule has 21 heavy (non-hydrogen) atoms. The summed E-state index contributed by atoms with van der Waals surface area (Å²) in [5.74, 6) is -0.489. The molecule has 0 saturated heterocycles. The lowest BCUT2D eigenvalue weighted by Gasteiger charge is -2.24. The van der Waals surface area contributed by atoms with Crippen molar-refractivity contribution in [1.29, 1.82) is 0 Å². The number of carbonyl (C=O) groups is 2. The molecule has 2 aliphatic rings. The Morgan fingerprint density at radius 1 is 0.952 bits per heavy atom. The van der Waals surface area contributed by atoms with E-state index < -0.39 is 5.92 Å². The second-order valence-corrected chi connectivity index (χ2v) is 6.16. The van der Waals surface area contributed by atoms with Gasteiger partial charge in [0.05, 0.1) is 0 Å². The van der Waals surface area contributed by atoms with E-state index in [9.17, 15) is 9.59 Å². The van der Waals surface area contributed by atoms with Crippen LogP contribution in [0.3, 0.4) is 0 Å². The quantitative estimate of drug-likeness (QED) is 0.631. The van der Waals surface area contributed by atoms with Crippen molar-refractivity contribution in [2.24, 2.45) is 10.9 Å². The van der Waals surface area contributed by atoms with Gasteiger partial charge in [0.15, 0.2) is 0 Å². The zero-order valence-electron chi connectivity index (χ0n) is 12.2. The smallest absolute Gasteiger partial charge is 0.149 e. The molecule has 2 saturated carbocycles. The van der Waals surface area contributed by atoms with Crippen LogP contribution in [0, 0.1) is 5.92 Å². The van der Waals surface area contributed by atoms with Gasteiger partial charge in [-0.15, -0.1) is 0 Å². The molecular weight excluding hydrogens is 262 g/mol. The van der Waals surface area contributed by atoms with E-state index in [2.05, 4.69) is 4.99 Å². The summed E-state index contributed by atoms with van der Waals surface area (Å²) in [5.41, 5.74) is 1.09. The van der Waals surface area contributed by atoms with Gasteiger partial charge in [0, 0.05) is 25.1 Å². The normalized spacial score (nSPS) is 27.6. The fraction of sp³-hybridized carbons (Fsp3) is 0.500. The molecule has 3 rings (SSSR count). The zero-order chi connectivity index (χ0) is 14.7. The first-order chi connectivity index (χ1) is 10.2. The van der Waals surface area contributed by atoms with E-state index in [1.807, 2.05) is 30.3 Å². The molecule has 1 aromatic rings. The summed E-state index contributed by atoms with van der Waals surface area (Å²) in [6.45, 7) is 0. The molecule has 0 amide bonds. The van der Waals surface area contributed by atoms with Gasteiger partial charge in [-0.05, 0) is 24.3 Å². The Morgan fingerprint density at radius 3 is 2.19 bits per heavy atom. The third-order valence-corrected chi connectivity index (χ3v) is 4.63. The van der Waals surface area contributed by atoms with Crippen LogP contribution >= 0.6 is 0 Å². The summed E-state index contributed by atoms with van der Waals surface area (Å²) in [6.07, 6.45) is 7.17. The van der Waals surface area contributed by atoms with Crippen molar-refractivity contribution in [2.45, 2.75) is 50.5 Å². The van der Waals surface area contributed by atoms with E-state index in [-0.39, 0.29) is 17.5 Å². The standard InChI is InChI=1S/C18H21NO2/c20-17-10-14(13-6-2-1-3-7-13)11-18(21)16(17)12-19-15-8-4-5-9-15/h1-3,6-7,12,14-16H,4-5,8-11H2. The lowest BCUT2D eigenvalue weighted by molar-refractivity contribution is -0.133. The average molecular weight is 283 g/mol. The van der Waals surface area contributed by atoms with E-state index >= 15 is 0 Å². The molecule has 2 aliphatic carbocycles. The van der Waals surface area contributed by atoms with Gasteiger partial charge in [-0.2, -0.15) is 0 Å². The van der Waals surface area contributed by atoms with Crippen molar-refractivity contribution in [1.82, 2.24) is 0 Å². The highest BCUT2D eigenvalue weighted by Gasteiger charge is 2.35. The fourth-order valence-corrected chi connectivity index (χ4v) is 3.38. The summed E-state index contributed by atoms with van der Waals surface area (Å²) in [5, 5.41) is 0. The number of Topliss-reactive ketones (excluding diaryl/α,β-unsaturated/α-hetero) is 2. The SMILES string of the molecule is O=C1CC(c2ccccc2)CC(=O)C1C=NC1CCCC1. The summed E-state index contributed by atoms with van der Waals surface area (Å²) in [7, 11) is 0. The highest BCUT2D eigenvalue weighted by molar-refractivity contribution is 6.16. The predicted molar refractivity (Wildman–Crippen MR) is 82.7 cm³/mol. The summed E-state index contributed by atoms with van der Waals surface area (Å²) < 4.78 is 0. The molecule has 0 unspecified atom stereocenters. The molecule has 3 nitrogen and oxygen atoms in total. The molecule has 0 N–H and O–H groups in total. The van der Waals surface area contributed by atoms with Crippen LogP contribution in [0.5, 0.6) is 0 Å². The number of carbonyl (C=O) groups excluding carboxylic acids is 2. The molecule has 0 heterocycles. The minimum Gasteiger partial charge on any atom is -0.298 e. The van der Waals surface area contributed by atoms with E-state index in [4.69, 9.17) is 0 Å². The lowest BCUT2D eigenvalue weighted by Crippen LogP contribution is -2.33. The van der Waals surface area contributed by atoms with Crippen LogP contribution in [-0.2, 0) is 9.59 Å². The van der Waals surface area contributed by atoms with Gasteiger partial charge in [-0.3, -0.25) is 14.6 Å². The summed E-state index contributed by atoms with van der Waals surface area (Å²) in [6, 6.07) is 10.2. The largest absolute Gasteiger partial charge is 0.298 e. The number of aliphatic imine (C=N–C) groups is 1. The van der Waals surface area contributed by atoms with E-state index in [0.29, 0.717) is 18.9 Å². The minimum absolute atomic E-state index is 0.0295. The van der Waals surface area contributed by atoms with Crippen LogP contribution in [0.1, 0.15) is 50.0 Å². The Labute approximate surface area is 125 Å². The van der Waals surface area contributed by atoms with Crippen LogP contribution < -0.4 is 0 Å². The molecule has 0 aromatic heterocycles. The van der Waals surface area contributed by atoms with Crippen LogP contribution in [-0.4, -0.2) is 23.8 Å². The monoisotopic (exact) mass is 283 g/mol. The molecule has 2 fully saturated rings. The Morgan fingerprint density at radius 2 is 1.57 bits per heavy atom. The van der Waals surface area contributed by atoms with Gasteiger partial charge in [0.1, 0.15) is 17.5 Å². The van der Waals surface area contributed by atoms with Gasteiger partial charge >= 0.3 is 0 Å². The van der Waals surface area contributed by atoms with Crippen molar-refractivity contribution in [3.05, 3.63) is 35.9 Å². The van der Waals surface area contributed by atoms with Crippen molar-refractivity contribution in [3.8, 4) is 0 Å². The Kier molecular flexibility index (Phi) is 4.28. The van der Waals surface area contributed by atoms with Crippen LogP contribution in [0.2, 0.25) is 0 Å². The Hall–Kier alpha value is -1.77. The molecule has 3 heteroatoms. The molecular formula is C18H21NO2. The maximum atomic E-state index is 12.3. The number of ketones is 2. The summed E-state index contributed by atoms with van der Waals surface area (Å²) >= 11 is 0. The van der Waals surface area contributed by atoms with Crippen molar-refractivity contribution >= 4 is 17.8 Å². The van der Waals surface area contributed by atoms with Gasteiger partial charge < -0.3 is 0 Å². The fourth-order valence-electron chi connectivity index (χ4n) is 3.38. The number of benzene rings is 1. The van der Waals surface area contributed by atoms with Crippen molar-refractivity contribution in [3.63, 3.8) is 0 Å². The first-order valence-electron chi connectivity index (χ1n) is 7.87. The number of hydrogen-bond donors (Lipinski definition) is 0.